The van der Waals surface area contributed by atoms with Crippen LogP contribution in [0.2, 0.25) is 0 Å². The maximum absolute atomic E-state index is 14.6. The number of hydrogen-bond acceptors (Lipinski definition) is 5. The number of anilines is 2. The summed E-state index contributed by atoms with van der Waals surface area (Å²) in [6.07, 6.45) is 1.96. The molecule has 0 aliphatic carbocycles. The summed E-state index contributed by atoms with van der Waals surface area (Å²) >= 11 is 3.13. The Morgan fingerprint density at radius 2 is 2.12 bits per heavy atom. The number of nitrogens with zero attached hydrogens (tertiary/aromatic N) is 1. The lowest BCUT2D eigenvalue weighted by molar-refractivity contribution is 0.105. The lowest BCUT2D eigenvalue weighted by Crippen LogP contribution is -2.21. The van der Waals surface area contributed by atoms with E-state index in [0.717, 1.165) is 12.1 Å². The van der Waals surface area contributed by atoms with Crippen LogP contribution in [0.1, 0.15) is 29.3 Å². The molecule has 0 saturated heterocycles. The Morgan fingerprint density at radius 3 is 2.77 bits per heavy atom. The third-order valence-corrected chi connectivity index (χ3v) is 4.97. The highest BCUT2D eigenvalue weighted by atomic mass is 79.9. The van der Waals surface area contributed by atoms with Crippen molar-refractivity contribution in [3.8, 4) is 0 Å². The molecule has 1 aromatic carbocycles. The number of carbonyl (C=O) groups is 1. The highest BCUT2D eigenvalue weighted by Crippen LogP contribution is 2.25. The van der Waals surface area contributed by atoms with E-state index in [1.54, 1.807) is 6.92 Å². The van der Waals surface area contributed by atoms with Crippen LogP contribution >= 0.6 is 15.9 Å². The molecule has 0 radical (unpaired) electrons. The molecule has 2 rings (SSSR count). The number of halogens is 3. The van der Waals surface area contributed by atoms with Crippen LogP contribution in [0.5, 0.6) is 0 Å². The molecular formula is C16H15BrF2N4O2S. The standard InChI is InChI=1S/C16H15BrF2N4O2S/c1-2-5-26(25)23-11-4-3-10(18)12(13(11)19)15(24)14(20)9-6-8(17)7-22-16(9)21/h3-4,6-7,20,23H,2,5H2,1H3,(H2,21,22). The molecule has 0 fully saturated rings. The van der Waals surface area contributed by atoms with Crippen LogP contribution in [-0.2, 0) is 11.0 Å². The lowest BCUT2D eigenvalue weighted by atomic mass is 10.00. The predicted octanol–water partition coefficient (Wildman–Crippen LogP) is 3.44. The predicted molar refractivity (Wildman–Crippen MR) is 101 cm³/mol. The third-order valence-electron chi connectivity index (χ3n) is 3.31. The zero-order valence-electron chi connectivity index (χ0n) is 13.6. The fraction of sp³-hybridized carbons (Fsp3) is 0.188. The van der Waals surface area contributed by atoms with Gasteiger partial charge in [-0.1, -0.05) is 6.92 Å². The van der Waals surface area contributed by atoms with Gasteiger partial charge in [0.15, 0.2) is 5.82 Å². The second-order valence-electron chi connectivity index (χ2n) is 5.23. The largest absolute Gasteiger partial charge is 0.383 e. The molecule has 0 spiro atoms. The number of aromatic nitrogens is 1. The topological polar surface area (TPSA) is 109 Å². The molecule has 1 heterocycles. The van der Waals surface area contributed by atoms with Gasteiger partial charge in [0.05, 0.1) is 11.3 Å². The van der Waals surface area contributed by atoms with Gasteiger partial charge in [-0.15, -0.1) is 0 Å². The number of pyridine rings is 1. The minimum absolute atomic E-state index is 0.0592. The Bertz CT molecular complexity index is 908. The summed E-state index contributed by atoms with van der Waals surface area (Å²) < 4.78 is 43.3. The van der Waals surface area contributed by atoms with Crippen molar-refractivity contribution in [1.82, 2.24) is 4.98 Å². The number of rotatable bonds is 7. The molecule has 1 aromatic heterocycles. The Morgan fingerprint density at radius 1 is 1.42 bits per heavy atom. The number of hydrogen-bond donors (Lipinski definition) is 3. The molecule has 1 unspecified atom stereocenters. The maximum Gasteiger partial charge on any atom is 0.217 e. The van der Waals surface area contributed by atoms with E-state index < -0.39 is 39.7 Å². The second-order valence-corrected chi connectivity index (χ2v) is 7.45. The zero-order valence-corrected chi connectivity index (χ0v) is 16.0. The highest BCUT2D eigenvalue weighted by Gasteiger charge is 2.26. The van der Waals surface area contributed by atoms with E-state index in [-0.39, 0.29) is 22.8 Å². The summed E-state index contributed by atoms with van der Waals surface area (Å²) in [5, 5.41) is 7.98. The SMILES string of the molecule is CCCS(=O)Nc1ccc(F)c(C(=O)C(=N)c2cc(Br)cnc2N)c1F. The second kappa shape index (κ2) is 8.45. The quantitative estimate of drug-likeness (QED) is 0.448. The first-order valence-corrected chi connectivity index (χ1v) is 9.55. The van der Waals surface area contributed by atoms with Gasteiger partial charge in [0.25, 0.3) is 0 Å². The van der Waals surface area contributed by atoms with Crippen LogP contribution in [0.3, 0.4) is 0 Å². The van der Waals surface area contributed by atoms with Gasteiger partial charge in [-0.3, -0.25) is 10.2 Å². The molecule has 6 nitrogen and oxygen atoms in total. The number of benzene rings is 1. The molecule has 0 aliphatic rings. The fourth-order valence-electron chi connectivity index (χ4n) is 2.10. The van der Waals surface area contributed by atoms with Crippen LogP contribution in [0, 0.1) is 17.0 Å². The number of carbonyl (C=O) groups excluding carboxylic acids is 1. The van der Waals surface area contributed by atoms with Crippen LogP contribution in [0.4, 0.5) is 20.3 Å². The van der Waals surface area contributed by atoms with Crippen molar-refractivity contribution in [2.24, 2.45) is 0 Å². The molecule has 4 N–H and O–H groups in total. The Labute approximate surface area is 159 Å². The van der Waals surface area contributed by atoms with Gasteiger partial charge < -0.3 is 10.5 Å². The molecule has 10 heteroatoms. The van der Waals surface area contributed by atoms with E-state index in [9.17, 15) is 17.8 Å². The van der Waals surface area contributed by atoms with E-state index in [1.807, 2.05) is 0 Å². The summed E-state index contributed by atoms with van der Waals surface area (Å²) in [6.45, 7) is 1.80. The number of ketones is 1. The van der Waals surface area contributed by atoms with Crippen LogP contribution < -0.4 is 10.5 Å². The molecule has 0 aliphatic heterocycles. The van der Waals surface area contributed by atoms with Gasteiger partial charge in [-0.05, 0) is 40.5 Å². The first-order valence-electron chi connectivity index (χ1n) is 7.43. The minimum Gasteiger partial charge on any atom is -0.383 e. The molecule has 0 amide bonds. The van der Waals surface area contributed by atoms with Crippen LogP contribution in [0.15, 0.2) is 28.9 Å². The fourth-order valence-corrected chi connectivity index (χ4v) is 3.30. The third kappa shape index (κ3) is 4.31. The van der Waals surface area contributed by atoms with Crippen molar-refractivity contribution in [2.45, 2.75) is 13.3 Å². The summed E-state index contributed by atoms with van der Waals surface area (Å²) in [6, 6.07) is 3.28. The average molecular weight is 445 g/mol. The number of nitrogens with one attached hydrogen (secondary N) is 2. The Balaban J connectivity index is 2.43. The van der Waals surface area contributed by atoms with E-state index >= 15 is 0 Å². The Hall–Kier alpha value is -2.20. The van der Waals surface area contributed by atoms with E-state index in [2.05, 4.69) is 25.6 Å². The van der Waals surface area contributed by atoms with Crippen molar-refractivity contribution in [1.29, 1.82) is 5.41 Å². The van der Waals surface area contributed by atoms with Gasteiger partial charge in [-0.2, -0.15) is 0 Å². The summed E-state index contributed by atoms with van der Waals surface area (Å²) in [5.41, 5.74) is 3.67. The first kappa shape index (κ1) is 20.1. The summed E-state index contributed by atoms with van der Waals surface area (Å²) in [7, 11) is -1.58. The van der Waals surface area contributed by atoms with E-state index in [0.29, 0.717) is 10.9 Å². The van der Waals surface area contributed by atoms with Crippen LogP contribution in [0.25, 0.3) is 0 Å². The normalized spacial score (nSPS) is 11.8. The van der Waals surface area contributed by atoms with Gasteiger partial charge in [0.1, 0.15) is 28.3 Å². The van der Waals surface area contributed by atoms with E-state index in [4.69, 9.17) is 11.1 Å². The number of nitrogen functional groups attached to an aromatic ring is 1. The molecule has 2 aromatic rings. The molecule has 1 atom stereocenters. The van der Waals surface area contributed by atoms with Crippen LogP contribution in [-0.4, -0.2) is 26.4 Å². The lowest BCUT2D eigenvalue weighted by Gasteiger charge is -2.12. The van der Waals surface area contributed by atoms with Crippen molar-refractivity contribution >= 4 is 49.9 Å². The van der Waals surface area contributed by atoms with Crippen molar-refractivity contribution in [3.63, 3.8) is 0 Å². The smallest absolute Gasteiger partial charge is 0.217 e. The maximum atomic E-state index is 14.6. The summed E-state index contributed by atoms with van der Waals surface area (Å²) in [4.78, 5) is 16.3. The molecular weight excluding hydrogens is 430 g/mol. The van der Waals surface area contributed by atoms with Gasteiger partial charge in [0, 0.05) is 22.0 Å². The number of nitrogens with two attached hydrogens (primary N) is 1. The van der Waals surface area contributed by atoms with E-state index in [1.165, 1.54) is 12.3 Å². The monoisotopic (exact) mass is 444 g/mol. The summed E-state index contributed by atoms with van der Waals surface area (Å²) in [5.74, 6) is -3.41. The number of Topliss-reactive ketones (excluding diaryl/α,β-unsaturated/α-hetero) is 1. The highest BCUT2D eigenvalue weighted by molar-refractivity contribution is 9.10. The van der Waals surface area contributed by atoms with Crippen molar-refractivity contribution < 1.29 is 17.8 Å². The molecule has 138 valence electrons. The molecule has 0 bridgehead atoms. The molecule has 0 saturated carbocycles. The van der Waals surface area contributed by atoms with Crippen molar-refractivity contribution in [2.75, 3.05) is 16.2 Å². The van der Waals surface area contributed by atoms with Gasteiger partial charge in [0.2, 0.25) is 5.78 Å². The van der Waals surface area contributed by atoms with Gasteiger partial charge in [-0.25, -0.2) is 18.0 Å². The Kier molecular flexibility index (Phi) is 6.54. The zero-order chi connectivity index (χ0) is 19.4. The van der Waals surface area contributed by atoms with Crippen molar-refractivity contribution in [3.05, 3.63) is 51.6 Å². The first-order chi connectivity index (χ1) is 12.3. The average Bonchev–Trinajstić information content (AvgIpc) is 2.59. The molecule has 26 heavy (non-hydrogen) atoms. The van der Waals surface area contributed by atoms with Gasteiger partial charge >= 0.3 is 0 Å². The minimum atomic E-state index is -1.58.